The third kappa shape index (κ3) is 6.49. The zero-order valence-corrected chi connectivity index (χ0v) is 15.8. The summed E-state index contributed by atoms with van der Waals surface area (Å²) in [6.07, 6.45) is 3.34. The Morgan fingerprint density at radius 2 is 1.58 bits per heavy atom. The summed E-state index contributed by atoms with van der Waals surface area (Å²) in [6.45, 7) is 7.03. The molecule has 24 heavy (non-hydrogen) atoms. The van der Waals surface area contributed by atoms with Crippen LogP contribution in [0.15, 0.2) is 0 Å². The van der Waals surface area contributed by atoms with Crippen molar-refractivity contribution < 1.29 is 29.0 Å². The van der Waals surface area contributed by atoms with Crippen LogP contribution in [0.2, 0.25) is 0 Å². The minimum atomic E-state index is -0.896. The van der Waals surface area contributed by atoms with Gasteiger partial charge < -0.3 is 14.6 Å². The van der Waals surface area contributed by atoms with Crippen molar-refractivity contribution >= 4 is 17.9 Å². The highest BCUT2D eigenvalue weighted by Gasteiger charge is 2.38. The molecule has 0 saturated heterocycles. The summed E-state index contributed by atoms with van der Waals surface area (Å²) in [7, 11) is 2.71. The van der Waals surface area contributed by atoms with Gasteiger partial charge >= 0.3 is 17.9 Å². The Balaban J connectivity index is 4.85. The lowest BCUT2D eigenvalue weighted by Gasteiger charge is -2.30. The number of methoxy groups -OCH3 is 2. The van der Waals surface area contributed by atoms with Gasteiger partial charge in [-0.1, -0.05) is 13.3 Å². The largest absolute Gasteiger partial charge is 0.481 e. The Hall–Kier alpha value is -1.59. The van der Waals surface area contributed by atoms with Crippen LogP contribution in [-0.4, -0.2) is 37.2 Å². The van der Waals surface area contributed by atoms with Crippen molar-refractivity contribution in [1.82, 2.24) is 0 Å². The second-order valence-electron chi connectivity index (χ2n) is 7.26. The number of carbonyl (C=O) groups is 3. The van der Waals surface area contributed by atoms with Gasteiger partial charge in [0.25, 0.3) is 0 Å². The van der Waals surface area contributed by atoms with E-state index < -0.39 is 16.8 Å². The van der Waals surface area contributed by atoms with Crippen LogP contribution in [0, 0.1) is 16.7 Å². The first-order valence-electron chi connectivity index (χ1n) is 8.43. The molecule has 1 N–H and O–H groups in total. The molecule has 0 rings (SSSR count). The fourth-order valence-corrected chi connectivity index (χ4v) is 2.66. The topological polar surface area (TPSA) is 89.9 Å². The fraction of sp³-hybridized carbons (Fsp3) is 0.833. The Morgan fingerprint density at radius 3 is 2.00 bits per heavy atom. The molecule has 0 aliphatic heterocycles. The Labute approximate surface area is 144 Å². The molecule has 6 nitrogen and oxygen atoms in total. The summed E-state index contributed by atoms with van der Waals surface area (Å²) in [6, 6.07) is 0. The molecule has 0 aliphatic carbocycles. The number of aliphatic carboxylic acids is 1. The van der Waals surface area contributed by atoms with Gasteiger partial charge in [0, 0.05) is 0 Å². The molecule has 0 radical (unpaired) electrons. The van der Waals surface area contributed by atoms with E-state index >= 15 is 0 Å². The van der Waals surface area contributed by atoms with Crippen molar-refractivity contribution in [2.45, 2.75) is 66.2 Å². The molecule has 0 spiro atoms. The predicted molar refractivity (Wildman–Crippen MR) is 90.4 cm³/mol. The maximum absolute atomic E-state index is 12.2. The van der Waals surface area contributed by atoms with Crippen LogP contribution in [0.25, 0.3) is 0 Å². The lowest BCUT2D eigenvalue weighted by atomic mass is 9.75. The zero-order valence-electron chi connectivity index (χ0n) is 15.8. The molecular formula is C18H32O6. The molecule has 2 unspecified atom stereocenters. The van der Waals surface area contributed by atoms with Crippen LogP contribution >= 0.6 is 0 Å². The summed E-state index contributed by atoms with van der Waals surface area (Å²) < 4.78 is 9.69. The number of carboxylic acids is 1. The minimum absolute atomic E-state index is 0.174. The first-order chi connectivity index (χ1) is 11.0. The Bertz CT molecular complexity index is 443. The van der Waals surface area contributed by atoms with Crippen molar-refractivity contribution in [3.8, 4) is 0 Å². The third-order valence-electron chi connectivity index (χ3n) is 4.87. The van der Waals surface area contributed by atoms with E-state index in [0.29, 0.717) is 38.5 Å². The summed E-state index contributed by atoms with van der Waals surface area (Å²) in [5.41, 5.74) is -1.65. The van der Waals surface area contributed by atoms with E-state index in [1.165, 1.54) is 14.2 Å². The van der Waals surface area contributed by atoms with Crippen LogP contribution in [0.3, 0.4) is 0 Å². The highest BCUT2D eigenvalue weighted by Crippen LogP contribution is 2.37. The van der Waals surface area contributed by atoms with Gasteiger partial charge in [-0.15, -0.1) is 0 Å². The minimum Gasteiger partial charge on any atom is -0.481 e. The molecule has 2 atom stereocenters. The summed E-state index contributed by atoms with van der Waals surface area (Å²) in [5, 5.41) is 9.24. The fourth-order valence-electron chi connectivity index (χ4n) is 2.66. The number of carbonyl (C=O) groups excluding carboxylic acids is 2. The van der Waals surface area contributed by atoms with Crippen molar-refractivity contribution in [1.29, 1.82) is 0 Å². The van der Waals surface area contributed by atoms with Gasteiger partial charge in [-0.3, -0.25) is 14.4 Å². The smallest absolute Gasteiger partial charge is 0.311 e. The molecule has 0 aromatic rings. The number of ether oxygens (including phenoxy) is 2. The average Bonchev–Trinajstić information content (AvgIpc) is 2.55. The van der Waals surface area contributed by atoms with E-state index in [1.54, 1.807) is 20.8 Å². The Kier molecular flexibility index (Phi) is 9.01. The number of esters is 2. The monoisotopic (exact) mass is 344 g/mol. The first-order valence-corrected chi connectivity index (χ1v) is 8.43. The number of hydrogen-bond donors (Lipinski definition) is 1. The predicted octanol–water partition coefficient (Wildman–Crippen LogP) is 3.43. The molecule has 0 saturated carbocycles. The molecule has 6 heteroatoms. The van der Waals surface area contributed by atoms with Crippen LogP contribution < -0.4 is 0 Å². The highest BCUT2D eigenvalue weighted by atomic mass is 16.5. The second kappa shape index (κ2) is 9.64. The van der Waals surface area contributed by atoms with Gasteiger partial charge in [-0.05, 0) is 52.9 Å². The van der Waals surface area contributed by atoms with Gasteiger partial charge in [-0.2, -0.15) is 0 Å². The molecular weight excluding hydrogens is 312 g/mol. The lowest BCUT2D eigenvalue weighted by molar-refractivity contribution is -0.155. The van der Waals surface area contributed by atoms with E-state index in [0.717, 1.165) is 0 Å². The molecule has 0 aromatic heterocycles. The molecule has 0 bridgehead atoms. The second-order valence-corrected chi connectivity index (χ2v) is 7.26. The van der Waals surface area contributed by atoms with E-state index in [9.17, 15) is 19.5 Å². The number of rotatable bonds is 11. The summed E-state index contributed by atoms with van der Waals surface area (Å²) in [4.78, 5) is 35.1. The maximum Gasteiger partial charge on any atom is 0.311 e. The van der Waals surface area contributed by atoms with E-state index in [2.05, 4.69) is 0 Å². The Morgan fingerprint density at radius 1 is 1.00 bits per heavy atom. The molecule has 0 aliphatic rings. The highest BCUT2D eigenvalue weighted by molar-refractivity contribution is 5.77. The number of hydrogen-bond acceptors (Lipinski definition) is 5. The molecule has 140 valence electrons. The van der Waals surface area contributed by atoms with Gasteiger partial charge in [0.15, 0.2) is 0 Å². The van der Waals surface area contributed by atoms with E-state index in [4.69, 9.17) is 9.47 Å². The van der Waals surface area contributed by atoms with Gasteiger partial charge in [0.1, 0.15) is 0 Å². The third-order valence-corrected chi connectivity index (χ3v) is 4.87. The van der Waals surface area contributed by atoms with Gasteiger partial charge in [-0.25, -0.2) is 0 Å². The maximum atomic E-state index is 12.2. The summed E-state index contributed by atoms with van der Waals surface area (Å²) >= 11 is 0. The van der Waals surface area contributed by atoms with Crippen LogP contribution in [0.1, 0.15) is 66.2 Å². The van der Waals surface area contributed by atoms with E-state index in [1.807, 2.05) is 6.92 Å². The quantitative estimate of drug-likeness (QED) is 0.578. The SMILES string of the molecule is CCC(CCCC(C)(CCC(C)(C)C(=O)O)C(=O)OC)C(=O)OC. The van der Waals surface area contributed by atoms with Gasteiger partial charge in [0.2, 0.25) is 0 Å². The molecule has 0 aromatic carbocycles. The van der Waals surface area contributed by atoms with E-state index in [-0.39, 0.29) is 17.9 Å². The molecule has 0 amide bonds. The van der Waals surface area contributed by atoms with Crippen molar-refractivity contribution in [3.05, 3.63) is 0 Å². The standard InChI is InChI=1S/C18H32O6/c1-7-13(14(19)23-5)9-8-10-18(4,16(22)24-6)12-11-17(2,3)15(20)21/h13H,7-12H2,1-6H3,(H,20,21). The zero-order chi connectivity index (χ0) is 19.0. The van der Waals surface area contributed by atoms with Crippen LogP contribution in [-0.2, 0) is 23.9 Å². The number of carboxylic acid groups (broad SMARTS) is 1. The molecule has 0 fully saturated rings. The van der Waals surface area contributed by atoms with Gasteiger partial charge in [0.05, 0.1) is 31.0 Å². The van der Waals surface area contributed by atoms with Crippen LogP contribution in [0.5, 0.6) is 0 Å². The normalized spacial score (nSPS) is 15.2. The van der Waals surface area contributed by atoms with Crippen molar-refractivity contribution in [2.24, 2.45) is 16.7 Å². The van der Waals surface area contributed by atoms with Crippen LogP contribution in [0.4, 0.5) is 0 Å². The summed E-state index contributed by atoms with van der Waals surface area (Å²) in [5.74, 6) is -1.63. The average molecular weight is 344 g/mol. The lowest BCUT2D eigenvalue weighted by Crippen LogP contribution is -2.33. The first kappa shape index (κ1) is 22.4. The van der Waals surface area contributed by atoms with Crippen molar-refractivity contribution in [3.63, 3.8) is 0 Å². The van der Waals surface area contributed by atoms with Crippen molar-refractivity contribution in [2.75, 3.05) is 14.2 Å². The molecule has 0 heterocycles.